The second-order valence-electron chi connectivity index (χ2n) is 6.34. The Morgan fingerprint density at radius 3 is 1.73 bits per heavy atom. The Morgan fingerprint density at radius 2 is 1.50 bits per heavy atom. The Labute approximate surface area is 134 Å². The van der Waals surface area contributed by atoms with Gasteiger partial charge in [-0.2, -0.15) is 0 Å². The number of aliphatic carboxylic acids is 1. The monoisotopic (exact) mass is 309 g/mol. The van der Waals surface area contributed by atoms with Gasteiger partial charge in [0.05, 0.1) is 0 Å². The molecule has 22 heavy (non-hydrogen) atoms. The van der Waals surface area contributed by atoms with E-state index in [1.165, 1.54) is 0 Å². The van der Waals surface area contributed by atoms with E-state index in [4.69, 9.17) is 10.8 Å². The summed E-state index contributed by atoms with van der Waals surface area (Å²) in [6, 6.07) is 5.30. The molecule has 0 aliphatic carbocycles. The molecule has 0 amide bonds. The lowest BCUT2D eigenvalue weighted by atomic mass is 9.94. The zero-order chi connectivity index (χ0) is 17.4. The minimum Gasteiger partial charge on any atom is -0.507 e. The van der Waals surface area contributed by atoms with Gasteiger partial charge in [-0.15, -0.1) is 0 Å². The molecule has 0 aromatic heterocycles. The van der Waals surface area contributed by atoms with Crippen molar-refractivity contribution in [1.29, 1.82) is 0 Å². The molecule has 4 N–H and O–H groups in total. The molecule has 0 spiro atoms. The van der Waals surface area contributed by atoms with Crippen molar-refractivity contribution in [3.05, 3.63) is 29.3 Å². The van der Waals surface area contributed by atoms with E-state index in [1.807, 2.05) is 32.0 Å². The van der Waals surface area contributed by atoms with Gasteiger partial charge in [0.15, 0.2) is 0 Å². The summed E-state index contributed by atoms with van der Waals surface area (Å²) in [6.07, 6.45) is 0.813. The Kier molecular flexibility index (Phi) is 8.80. The lowest BCUT2D eigenvalue weighted by molar-refractivity contribution is -0.139. The van der Waals surface area contributed by atoms with Crippen LogP contribution in [-0.4, -0.2) is 22.2 Å². The maximum absolute atomic E-state index is 10.2. The minimum atomic E-state index is -0.913. The van der Waals surface area contributed by atoms with Crippen LogP contribution < -0.4 is 5.73 Å². The number of aromatic hydroxyl groups is 1. The van der Waals surface area contributed by atoms with Gasteiger partial charge in [-0.3, -0.25) is 4.79 Å². The van der Waals surface area contributed by atoms with Crippen LogP contribution in [0.3, 0.4) is 0 Å². The van der Waals surface area contributed by atoms with Gasteiger partial charge in [-0.1, -0.05) is 66.2 Å². The fourth-order valence-electron chi connectivity index (χ4n) is 2.01. The maximum atomic E-state index is 10.2. The van der Waals surface area contributed by atoms with Gasteiger partial charge in [0.1, 0.15) is 11.8 Å². The number of benzene rings is 1. The number of phenolic OH excluding ortho intramolecular Hbond substituents is 1. The summed E-state index contributed by atoms with van der Waals surface area (Å²) in [5.41, 5.74) is 7.37. The van der Waals surface area contributed by atoms with Crippen molar-refractivity contribution in [2.45, 2.75) is 65.8 Å². The van der Waals surface area contributed by atoms with Crippen molar-refractivity contribution >= 4 is 5.97 Å². The summed E-state index contributed by atoms with van der Waals surface area (Å²) in [5.74, 6) is 0.414. The number of rotatable bonds is 5. The minimum absolute atomic E-state index is 0.0718. The SMILES string of the molecule is CC(C)c1cccc(C(C)C)c1O.CCC(C)C(N)C(=O)O. The van der Waals surface area contributed by atoms with Gasteiger partial charge >= 0.3 is 5.97 Å². The van der Waals surface area contributed by atoms with Crippen molar-refractivity contribution in [2.75, 3.05) is 0 Å². The predicted octanol–water partition coefficient (Wildman–Crippen LogP) is 4.08. The summed E-state index contributed by atoms with van der Waals surface area (Å²) in [4.78, 5) is 10.2. The Morgan fingerprint density at radius 1 is 1.09 bits per heavy atom. The lowest BCUT2D eigenvalue weighted by Gasteiger charge is -2.14. The molecule has 0 radical (unpaired) electrons. The Bertz CT molecular complexity index is 443. The molecular weight excluding hydrogens is 278 g/mol. The molecule has 2 atom stereocenters. The van der Waals surface area contributed by atoms with Crippen molar-refractivity contribution < 1.29 is 15.0 Å². The predicted molar refractivity (Wildman–Crippen MR) is 91.4 cm³/mol. The molecule has 0 bridgehead atoms. The van der Waals surface area contributed by atoms with Crippen molar-refractivity contribution in [1.82, 2.24) is 0 Å². The number of carboxylic acid groups (broad SMARTS) is 1. The molecule has 126 valence electrons. The normalized spacial score (nSPS) is 13.5. The molecule has 0 aliphatic heterocycles. The van der Waals surface area contributed by atoms with E-state index in [-0.39, 0.29) is 5.92 Å². The molecule has 1 aromatic rings. The van der Waals surface area contributed by atoms with Gasteiger partial charge in [0.2, 0.25) is 0 Å². The molecule has 0 fully saturated rings. The maximum Gasteiger partial charge on any atom is 0.320 e. The van der Waals surface area contributed by atoms with E-state index in [1.54, 1.807) is 0 Å². The third-order valence-electron chi connectivity index (χ3n) is 3.88. The van der Waals surface area contributed by atoms with Gasteiger partial charge < -0.3 is 15.9 Å². The van der Waals surface area contributed by atoms with E-state index in [0.717, 1.165) is 17.5 Å². The van der Waals surface area contributed by atoms with Gasteiger partial charge in [0.25, 0.3) is 0 Å². The summed E-state index contributed by atoms with van der Waals surface area (Å²) in [6.45, 7) is 12.1. The highest BCUT2D eigenvalue weighted by molar-refractivity contribution is 5.73. The van der Waals surface area contributed by atoms with Crippen LogP contribution in [0.1, 0.15) is 70.9 Å². The molecule has 4 nitrogen and oxygen atoms in total. The smallest absolute Gasteiger partial charge is 0.320 e. The van der Waals surface area contributed by atoms with Crippen molar-refractivity contribution in [2.24, 2.45) is 11.7 Å². The number of hydrogen-bond donors (Lipinski definition) is 3. The van der Waals surface area contributed by atoms with E-state index >= 15 is 0 Å². The molecule has 1 aromatic carbocycles. The molecule has 0 aliphatic rings. The standard InChI is InChI=1S/C12H18O.C6H13NO2/c1-8(2)10-6-5-7-11(9(3)4)12(10)13;1-3-4(2)5(7)6(8)9/h5-9,13H,1-4H3;4-5H,3,7H2,1-2H3,(H,8,9). The quantitative estimate of drug-likeness (QED) is 0.765. The highest BCUT2D eigenvalue weighted by atomic mass is 16.4. The summed E-state index contributed by atoms with van der Waals surface area (Å²) >= 11 is 0. The largest absolute Gasteiger partial charge is 0.507 e. The number of hydrogen-bond acceptors (Lipinski definition) is 3. The molecule has 2 unspecified atom stereocenters. The first-order chi connectivity index (χ1) is 10.1. The van der Waals surface area contributed by atoms with Crippen molar-refractivity contribution in [3.8, 4) is 5.75 Å². The van der Waals surface area contributed by atoms with Crippen LogP contribution >= 0.6 is 0 Å². The number of nitrogens with two attached hydrogens (primary N) is 1. The summed E-state index contributed by atoms with van der Waals surface area (Å²) in [5, 5.41) is 18.3. The number of carbonyl (C=O) groups is 1. The second kappa shape index (κ2) is 9.46. The van der Waals surface area contributed by atoms with E-state index < -0.39 is 12.0 Å². The third-order valence-corrected chi connectivity index (χ3v) is 3.88. The third kappa shape index (κ3) is 6.06. The number of para-hydroxylation sites is 1. The summed E-state index contributed by atoms with van der Waals surface area (Å²) in [7, 11) is 0. The van der Waals surface area contributed by atoms with Crippen molar-refractivity contribution in [3.63, 3.8) is 0 Å². The van der Waals surface area contributed by atoms with Gasteiger partial charge in [0, 0.05) is 0 Å². The summed E-state index contributed by atoms with van der Waals surface area (Å²) < 4.78 is 0. The van der Waals surface area contributed by atoms with E-state index in [9.17, 15) is 9.90 Å². The highest BCUT2D eigenvalue weighted by Crippen LogP contribution is 2.32. The fraction of sp³-hybridized carbons (Fsp3) is 0.611. The molecule has 0 heterocycles. The average molecular weight is 309 g/mol. The highest BCUT2D eigenvalue weighted by Gasteiger charge is 2.17. The van der Waals surface area contributed by atoms with Crippen LogP contribution in [0.2, 0.25) is 0 Å². The van der Waals surface area contributed by atoms with E-state index in [0.29, 0.717) is 17.6 Å². The van der Waals surface area contributed by atoms with Crippen LogP contribution in [0, 0.1) is 5.92 Å². The molecule has 0 saturated heterocycles. The van der Waals surface area contributed by atoms with Crippen LogP contribution in [0.4, 0.5) is 0 Å². The zero-order valence-corrected chi connectivity index (χ0v) is 14.6. The Balaban J connectivity index is 0.000000433. The molecule has 0 saturated carbocycles. The number of carboxylic acids is 1. The number of phenols is 1. The first-order valence-electron chi connectivity index (χ1n) is 7.93. The van der Waals surface area contributed by atoms with Crippen LogP contribution in [-0.2, 0) is 4.79 Å². The topological polar surface area (TPSA) is 83.5 Å². The fourth-order valence-corrected chi connectivity index (χ4v) is 2.01. The molecule has 1 rings (SSSR count). The van der Waals surface area contributed by atoms with Crippen LogP contribution in [0.25, 0.3) is 0 Å². The zero-order valence-electron chi connectivity index (χ0n) is 14.6. The first-order valence-corrected chi connectivity index (χ1v) is 7.93. The van der Waals surface area contributed by atoms with E-state index in [2.05, 4.69) is 27.7 Å². The lowest BCUT2D eigenvalue weighted by Crippen LogP contribution is -2.36. The first kappa shape index (κ1) is 20.5. The molecular formula is C18H31NO3. The molecule has 4 heteroatoms. The van der Waals surface area contributed by atoms with Gasteiger partial charge in [-0.05, 0) is 28.9 Å². The second-order valence-corrected chi connectivity index (χ2v) is 6.34. The Hall–Kier alpha value is -1.55. The van der Waals surface area contributed by atoms with Gasteiger partial charge in [-0.25, -0.2) is 0 Å². The van der Waals surface area contributed by atoms with Crippen LogP contribution in [0.5, 0.6) is 5.75 Å². The van der Waals surface area contributed by atoms with Crippen LogP contribution in [0.15, 0.2) is 18.2 Å². The average Bonchev–Trinajstić information content (AvgIpc) is 2.45.